The second kappa shape index (κ2) is 5.85. The number of nitrogens with zero attached hydrogens (tertiary/aromatic N) is 1. The first kappa shape index (κ1) is 13.6. The van der Waals surface area contributed by atoms with E-state index in [-0.39, 0.29) is 11.8 Å². The van der Waals surface area contributed by atoms with E-state index in [1.165, 1.54) is 0 Å². The van der Waals surface area contributed by atoms with Gasteiger partial charge >= 0.3 is 0 Å². The standard InChI is InChI=1S/C14H19BrN2O/c1-10-7-16-8-13(10)14(18)17(2)9-11-4-3-5-12(15)6-11/h3-6,10,13,16H,7-9H2,1-2H3. The molecule has 2 rings (SSSR count). The van der Waals surface area contributed by atoms with Crippen molar-refractivity contribution in [1.82, 2.24) is 10.2 Å². The highest BCUT2D eigenvalue weighted by atomic mass is 79.9. The molecule has 0 spiro atoms. The highest BCUT2D eigenvalue weighted by Gasteiger charge is 2.31. The van der Waals surface area contributed by atoms with Crippen LogP contribution < -0.4 is 5.32 Å². The Kier molecular flexibility index (Phi) is 4.40. The van der Waals surface area contributed by atoms with Crippen molar-refractivity contribution in [3.8, 4) is 0 Å². The summed E-state index contributed by atoms with van der Waals surface area (Å²) in [5.74, 6) is 0.803. The predicted octanol–water partition coefficient (Wildman–Crippen LogP) is 2.26. The average Bonchev–Trinajstić information content (AvgIpc) is 2.74. The van der Waals surface area contributed by atoms with Crippen molar-refractivity contribution in [3.63, 3.8) is 0 Å². The van der Waals surface area contributed by atoms with Gasteiger partial charge in [-0.05, 0) is 30.2 Å². The van der Waals surface area contributed by atoms with Crippen LogP contribution in [0.1, 0.15) is 12.5 Å². The fraction of sp³-hybridized carbons (Fsp3) is 0.500. The zero-order chi connectivity index (χ0) is 13.1. The molecular weight excluding hydrogens is 292 g/mol. The van der Waals surface area contributed by atoms with Crippen LogP contribution in [0.25, 0.3) is 0 Å². The van der Waals surface area contributed by atoms with Crippen LogP contribution in [0.15, 0.2) is 28.7 Å². The highest BCUT2D eigenvalue weighted by Crippen LogP contribution is 2.19. The maximum atomic E-state index is 12.3. The number of benzene rings is 1. The number of carbonyl (C=O) groups excluding carboxylic acids is 1. The number of rotatable bonds is 3. The molecule has 4 heteroatoms. The van der Waals surface area contributed by atoms with E-state index in [9.17, 15) is 4.79 Å². The summed E-state index contributed by atoms with van der Waals surface area (Å²) < 4.78 is 1.05. The van der Waals surface area contributed by atoms with Gasteiger partial charge in [0.15, 0.2) is 0 Å². The Morgan fingerprint density at radius 1 is 1.50 bits per heavy atom. The lowest BCUT2D eigenvalue weighted by Gasteiger charge is -2.23. The van der Waals surface area contributed by atoms with E-state index in [0.717, 1.165) is 23.1 Å². The summed E-state index contributed by atoms with van der Waals surface area (Å²) in [5.41, 5.74) is 1.15. The van der Waals surface area contributed by atoms with Gasteiger partial charge in [0.2, 0.25) is 5.91 Å². The molecule has 0 aromatic heterocycles. The minimum absolute atomic E-state index is 0.127. The topological polar surface area (TPSA) is 32.3 Å². The van der Waals surface area contributed by atoms with E-state index in [1.54, 1.807) is 0 Å². The van der Waals surface area contributed by atoms with Gasteiger partial charge in [-0.25, -0.2) is 0 Å². The Labute approximate surface area is 117 Å². The highest BCUT2D eigenvalue weighted by molar-refractivity contribution is 9.10. The molecule has 0 saturated carbocycles. The maximum Gasteiger partial charge on any atom is 0.227 e. The molecule has 1 heterocycles. The van der Waals surface area contributed by atoms with Crippen molar-refractivity contribution in [2.45, 2.75) is 13.5 Å². The molecule has 1 aliphatic heterocycles. The summed E-state index contributed by atoms with van der Waals surface area (Å²) in [5, 5.41) is 3.28. The number of nitrogens with one attached hydrogen (secondary N) is 1. The molecule has 2 atom stereocenters. The van der Waals surface area contributed by atoms with Gasteiger partial charge in [-0.1, -0.05) is 35.0 Å². The molecule has 1 saturated heterocycles. The smallest absolute Gasteiger partial charge is 0.227 e. The summed E-state index contributed by atoms with van der Waals surface area (Å²) in [4.78, 5) is 14.1. The zero-order valence-corrected chi connectivity index (χ0v) is 12.4. The third-order valence-corrected chi connectivity index (χ3v) is 4.01. The minimum Gasteiger partial charge on any atom is -0.341 e. The van der Waals surface area contributed by atoms with Crippen molar-refractivity contribution >= 4 is 21.8 Å². The first-order valence-corrected chi connectivity index (χ1v) is 7.07. The van der Waals surface area contributed by atoms with Gasteiger partial charge in [-0.3, -0.25) is 4.79 Å². The van der Waals surface area contributed by atoms with Crippen molar-refractivity contribution in [2.24, 2.45) is 11.8 Å². The Balaban J connectivity index is 1.99. The quantitative estimate of drug-likeness (QED) is 0.929. The molecule has 1 fully saturated rings. The van der Waals surface area contributed by atoms with Gasteiger partial charge in [-0.2, -0.15) is 0 Å². The summed E-state index contributed by atoms with van der Waals surface area (Å²) in [6.45, 7) is 4.56. The van der Waals surface area contributed by atoms with E-state index in [1.807, 2.05) is 30.1 Å². The van der Waals surface area contributed by atoms with E-state index in [4.69, 9.17) is 0 Å². The van der Waals surface area contributed by atoms with E-state index >= 15 is 0 Å². The van der Waals surface area contributed by atoms with Crippen LogP contribution in [0, 0.1) is 11.8 Å². The van der Waals surface area contributed by atoms with Gasteiger partial charge < -0.3 is 10.2 Å². The van der Waals surface area contributed by atoms with Gasteiger partial charge in [0.25, 0.3) is 0 Å². The SMILES string of the molecule is CC1CNCC1C(=O)N(C)Cc1cccc(Br)c1. The largest absolute Gasteiger partial charge is 0.341 e. The van der Waals surface area contributed by atoms with Crippen LogP contribution in [-0.4, -0.2) is 30.9 Å². The molecule has 3 nitrogen and oxygen atoms in total. The normalized spacial score (nSPS) is 23.1. The number of halogens is 1. The molecule has 0 bridgehead atoms. The van der Waals surface area contributed by atoms with Gasteiger partial charge in [0.1, 0.15) is 0 Å². The second-order valence-electron chi connectivity index (χ2n) is 5.07. The van der Waals surface area contributed by atoms with Gasteiger partial charge in [0, 0.05) is 24.6 Å². The summed E-state index contributed by atoms with van der Waals surface area (Å²) in [6.07, 6.45) is 0. The molecule has 18 heavy (non-hydrogen) atoms. The average molecular weight is 311 g/mol. The molecule has 1 aromatic carbocycles. The molecule has 1 aromatic rings. The van der Waals surface area contributed by atoms with Gasteiger partial charge in [0.05, 0.1) is 5.92 Å². The molecule has 1 aliphatic rings. The van der Waals surface area contributed by atoms with Crippen LogP contribution in [0.5, 0.6) is 0 Å². The van der Waals surface area contributed by atoms with Crippen molar-refractivity contribution in [1.29, 1.82) is 0 Å². The maximum absolute atomic E-state index is 12.3. The third-order valence-electron chi connectivity index (χ3n) is 3.52. The van der Waals surface area contributed by atoms with Crippen molar-refractivity contribution in [3.05, 3.63) is 34.3 Å². The molecular formula is C14H19BrN2O. The Morgan fingerprint density at radius 2 is 2.28 bits per heavy atom. The predicted molar refractivity (Wildman–Crippen MR) is 76.1 cm³/mol. The van der Waals surface area contributed by atoms with Crippen LogP contribution >= 0.6 is 15.9 Å². The summed E-state index contributed by atoms with van der Waals surface area (Å²) in [6, 6.07) is 8.09. The van der Waals surface area contributed by atoms with E-state index in [0.29, 0.717) is 12.5 Å². The third kappa shape index (κ3) is 3.12. The number of carbonyl (C=O) groups is 1. The fourth-order valence-electron chi connectivity index (χ4n) is 2.41. The number of amides is 1. The van der Waals surface area contributed by atoms with Gasteiger partial charge in [-0.15, -0.1) is 0 Å². The monoisotopic (exact) mass is 310 g/mol. The Hall–Kier alpha value is -0.870. The molecule has 1 amide bonds. The van der Waals surface area contributed by atoms with Crippen LogP contribution in [0.3, 0.4) is 0 Å². The van der Waals surface area contributed by atoms with Crippen molar-refractivity contribution < 1.29 is 4.79 Å². The zero-order valence-electron chi connectivity index (χ0n) is 10.8. The fourth-order valence-corrected chi connectivity index (χ4v) is 2.86. The van der Waals surface area contributed by atoms with E-state index < -0.39 is 0 Å². The molecule has 1 N–H and O–H groups in total. The molecule has 0 aliphatic carbocycles. The lowest BCUT2D eigenvalue weighted by atomic mass is 9.96. The minimum atomic E-state index is 0.127. The molecule has 2 unspecified atom stereocenters. The molecule has 98 valence electrons. The second-order valence-corrected chi connectivity index (χ2v) is 5.98. The lowest BCUT2D eigenvalue weighted by molar-refractivity contribution is -0.135. The van der Waals surface area contributed by atoms with Crippen molar-refractivity contribution in [2.75, 3.05) is 20.1 Å². The molecule has 0 radical (unpaired) electrons. The Bertz CT molecular complexity index is 436. The van der Waals surface area contributed by atoms with Crippen LogP contribution in [-0.2, 0) is 11.3 Å². The summed E-state index contributed by atoms with van der Waals surface area (Å²) >= 11 is 3.45. The lowest BCUT2D eigenvalue weighted by Crippen LogP contribution is -2.35. The number of hydrogen-bond donors (Lipinski definition) is 1. The van der Waals surface area contributed by atoms with Crippen LogP contribution in [0.4, 0.5) is 0 Å². The first-order valence-electron chi connectivity index (χ1n) is 6.28. The van der Waals surface area contributed by atoms with E-state index in [2.05, 4.69) is 34.2 Å². The number of hydrogen-bond acceptors (Lipinski definition) is 2. The van der Waals surface area contributed by atoms with Crippen LogP contribution in [0.2, 0.25) is 0 Å². The summed E-state index contributed by atoms with van der Waals surface area (Å²) in [7, 11) is 1.88. The first-order chi connectivity index (χ1) is 8.58. The Morgan fingerprint density at radius 3 is 2.89 bits per heavy atom.